The molecule has 0 radical (unpaired) electrons. The highest BCUT2D eigenvalue weighted by atomic mass is 35.5. The second kappa shape index (κ2) is 7.77. The Hall–Kier alpha value is -2.03. The first-order valence-electron chi connectivity index (χ1n) is 9.12. The summed E-state index contributed by atoms with van der Waals surface area (Å²) >= 11 is 7.72. The zero-order valence-corrected chi connectivity index (χ0v) is 17.2. The predicted molar refractivity (Wildman–Crippen MR) is 109 cm³/mol. The molecule has 0 spiro atoms. The number of hydrogen-bond acceptors (Lipinski definition) is 5. The van der Waals surface area contributed by atoms with Crippen molar-refractivity contribution in [2.75, 3.05) is 18.4 Å². The average Bonchev–Trinajstić information content (AvgIpc) is 3.23. The highest BCUT2D eigenvalue weighted by Gasteiger charge is 2.32. The molecule has 28 heavy (non-hydrogen) atoms. The van der Waals surface area contributed by atoms with Crippen molar-refractivity contribution < 1.29 is 14.3 Å². The third-order valence-electron chi connectivity index (χ3n) is 4.76. The molecule has 4 rings (SSSR count). The number of nitrogens with one attached hydrogen (secondary N) is 1. The maximum Gasteiger partial charge on any atom is 0.315 e. The molecule has 0 saturated carbocycles. The Bertz CT molecular complexity index is 905. The van der Waals surface area contributed by atoms with Crippen LogP contribution >= 0.6 is 23.4 Å². The van der Waals surface area contributed by atoms with E-state index >= 15 is 0 Å². The van der Waals surface area contributed by atoms with Crippen molar-refractivity contribution in [1.29, 1.82) is 0 Å². The molecule has 9 heteroatoms. The standard InChI is InChI=1S/C19H21ClN4O3S/c1-11-7-23(8-12(2)27-11)19(26)18(25)21-17-15-9-28-10-16(15)22-24(17)14-5-3-13(20)4-6-14/h3-6,11-12H,7-10H2,1-2H3,(H,21,25)/t11-,12+. The Balaban J connectivity index is 1.59. The van der Waals surface area contributed by atoms with Gasteiger partial charge >= 0.3 is 11.8 Å². The third kappa shape index (κ3) is 3.76. The van der Waals surface area contributed by atoms with E-state index in [-0.39, 0.29) is 12.2 Å². The Kier molecular flexibility index (Phi) is 5.35. The Morgan fingerprint density at radius 2 is 1.86 bits per heavy atom. The van der Waals surface area contributed by atoms with Crippen molar-refractivity contribution in [3.05, 3.63) is 40.5 Å². The molecule has 0 unspecified atom stereocenters. The summed E-state index contributed by atoms with van der Waals surface area (Å²) in [7, 11) is 0. The number of hydrogen-bond donors (Lipinski definition) is 1. The molecule has 0 bridgehead atoms. The zero-order chi connectivity index (χ0) is 19.8. The summed E-state index contributed by atoms with van der Waals surface area (Å²) in [6, 6.07) is 7.21. The van der Waals surface area contributed by atoms with Crippen LogP contribution in [0.3, 0.4) is 0 Å². The van der Waals surface area contributed by atoms with E-state index in [1.807, 2.05) is 26.0 Å². The van der Waals surface area contributed by atoms with E-state index < -0.39 is 11.8 Å². The molecule has 2 aromatic rings. The molecule has 7 nitrogen and oxygen atoms in total. The van der Waals surface area contributed by atoms with Crippen LogP contribution in [0.15, 0.2) is 24.3 Å². The number of thioether (sulfide) groups is 1. The number of rotatable bonds is 2. The largest absolute Gasteiger partial charge is 0.372 e. The summed E-state index contributed by atoms with van der Waals surface area (Å²) in [5.74, 6) is 0.875. The number of ether oxygens (including phenoxy) is 1. The lowest BCUT2D eigenvalue weighted by Crippen LogP contribution is -2.51. The number of carbonyl (C=O) groups excluding carboxylic acids is 2. The maximum absolute atomic E-state index is 12.7. The van der Waals surface area contributed by atoms with Crippen LogP contribution in [0.4, 0.5) is 5.82 Å². The normalized spacial score (nSPS) is 21.5. The van der Waals surface area contributed by atoms with Crippen molar-refractivity contribution in [3.8, 4) is 5.69 Å². The van der Waals surface area contributed by atoms with Crippen molar-refractivity contribution in [2.24, 2.45) is 0 Å². The number of benzene rings is 1. The topological polar surface area (TPSA) is 76.5 Å². The van der Waals surface area contributed by atoms with Gasteiger partial charge in [0.1, 0.15) is 5.82 Å². The van der Waals surface area contributed by atoms with E-state index in [9.17, 15) is 9.59 Å². The predicted octanol–water partition coefficient (Wildman–Crippen LogP) is 2.85. The van der Waals surface area contributed by atoms with Crippen molar-refractivity contribution in [3.63, 3.8) is 0 Å². The summed E-state index contributed by atoms with van der Waals surface area (Å²) in [4.78, 5) is 27.0. The van der Waals surface area contributed by atoms with Gasteiger partial charge in [-0.05, 0) is 38.1 Å². The van der Waals surface area contributed by atoms with Crippen molar-refractivity contribution in [1.82, 2.24) is 14.7 Å². The van der Waals surface area contributed by atoms with Gasteiger partial charge in [0.2, 0.25) is 0 Å². The Morgan fingerprint density at radius 1 is 1.18 bits per heavy atom. The average molecular weight is 421 g/mol. The lowest BCUT2D eigenvalue weighted by atomic mass is 10.2. The van der Waals surface area contributed by atoms with E-state index in [1.165, 1.54) is 0 Å². The molecule has 1 N–H and O–H groups in total. The number of halogens is 1. The first-order chi connectivity index (χ1) is 13.4. The van der Waals surface area contributed by atoms with E-state index in [1.54, 1.807) is 33.5 Å². The number of amides is 2. The number of aromatic nitrogens is 2. The van der Waals surface area contributed by atoms with Gasteiger partial charge in [0.25, 0.3) is 0 Å². The van der Waals surface area contributed by atoms with E-state index in [4.69, 9.17) is 16.3 Å². The van der Waals surface area contributed by atoms with Crippen LogP contribution in [-0.4, -0.2) is 51.8 Å². The van der Waals surface area contributed by atoms with E-state index in [2.05, 4.69) is 10.4 Å². The molecule has 2 aliphatic rings. The molecule has 1 aromatic carbocycles. The summed E-state index contributed by atoms with van der Waals surface area (Å²) in [6.07, 6.45) is -0.193. The quantitative estimate of drug-likeness (QED) is 0.756. The third-order valence-corrected chi connectivity index (χ3v) is 5.98. The molecule has 1 fully saturated rings. The molecule has 0 aliphatic carbocycles. The summed E-state index contributed by atoms with van der Waals surface area (Å²) in [6.45, 7) is 4.60. The molecular weight excluding hydrogens is 400 g/mol. The van der Waals surface area contributed by atoms with Gasteiger partial charge in [-0.2, -0.15) is 16.9 Å². The van der Waals surface area contributed by atoms with E-state index in [0.717, 1.165) is 28.5 Å². The fourth-order valence-electron chi connectivity index (χ4n) is 3.56. The van der Waals surface area contributed by atoms with Crippen LogP contribution in [0.5, 0.6) is 0 Å². The number of fused-ring (bicyclic) bond motifs is 1. The fraction of sp³-hybridized carbons (Fsp3) is 0.421. The minimum atomic E-state index is -0.656. The van der Waals surface area contributed by atoms with Gasteiger partial charge in [-0.15, -0.1) is 0 Å². The van der Waals surface area contributed by atoms with Crippen LogP contribution in [0.2, 0.25) is 5.02 Å². The minimum Gasteiger partial charge on any atom is -0.372 e. The monoisotopic (exact) mass is 420 g/mol. The van der Waals surface area contributed by atoms with Crippen LogP contribution in [-0.2, 0) is 25.8 Å². The first kappa shape index (κ1) is 19.3. The Morgan fingerprint density at radius 3 is 2.54 bits per heavy atom. The van der Waals surface area contributed by atoms with Gasteiger partial charge in [0, 0.05) is 35.2 Å². The second-order valence-corrected chi connectivity index (χ2v) is 8.50. The SMILES string of the molecule is C[C@@H]1CN(C(=O)C(=O)Nc2c3c(nn2-c2ccc(Cl)cc2)CSC3)C[C@H](C)O1. The molecule has 2 aliphatic heterocycles. The molecular formula is C19H21ClN4O3S. The van der Waals surface area contributed by atoms with E-state index in [0.29, 0.717) is 23.9 Å². The van der Waals surface area contributed by atoms with Crippen LogP contribution in [0.1, 0.15) is 25.1 Å². The highest BCUT2D eigenvalue weighted by Crippen LogP contribution is 2.36. The van der Waals surface area contributed by atoms with Crippen molar-refractivity contribution in [2.45, 2.75) is 37.6 Å². The van der Waals surface area contributed by atoms with Gasteiger partial charge in [-0.1, -0.05) is 11.6 Å². The molecule has 2 amide bonds. The zero-order valence-electron chi connectivity index (χ0n) is 15.6. The summed E-state index contributed by atoms with van der Waals surface area (Å²) in [5, 5.41) is 8.07. The summed E-state index contributed by atoms with van der Waals surface area (Å²) < 4.78 is 7.32. The van der Waals surface area contributed by atoms with Gasteiger partial charge in [-0.3, -0.25) is 9.59 Å². The molecule has 3 heterocycles. The minimum absolute atomic E-state index is 0.0965. The number of morpholine rings is 1. The van der Waals surface area contributed by atoms with Gasteiger partial charge in [0.05, 0.1) is 23.6 Å². The maximum atomic E-state index is 12.7. The van der Waals surface area contributed by atoms with Gasteiger partial charge in [-0.25, -0.2) is 4.68 Å². The smallest absolute Gasteiger partial charge is 0.315 e. The van der Waals surface area contributed by atoms with Gasteiger partial charge < -0.3 is 15.0 Å². The molecule has 2 atom stereocenters. The number of nitrogens with zero attached hydrogens (tertiary/aromatic N) is 3. The Labute approximate surface area is 172 Å². The van der Waals surface area contributed by atoms with Gasteiger partial charge in [0.15, 0.2) is 0 Å². The summed E-state index contributed by atoms with van der Waals surface area (Å²) in [5.41, 5.74) is 2.67. The second-order valence-electron chi connectivity index (χ2n) is 7.08. The molecule has 1 aromatic heterocycles. The lowest BCUT2D eigenvalue weighted by molar-refractivity contribution is -0.151. The first-order valence-corrected chi connectivity index (χ1v) is 10.7. The number of carbonyl (C=O) groups is 2. The number of anilines is 1. The van der Waals surface area contributed by atoms with Crippen LogP contribution < -0.4 is 5.32 Å². The molecule has 1 saturated heterocycles. The van der Waals surface area contributed by atoms with Crippen LogP contribution in [0, 0.1) is 0 Å². The molecule has 148 valence electrons. The fourth-order valence-corrected chi connectivity index (χ4v) is 4.72. The van der Waals surface area contributed by atoms with Crippen LogP contribution in [0.25, 0.3) is 5.69 Å². The lowest BCUT2D eigenvalue weighted by Gasteiger charge is -2.34. The van der Waals surface area contributed by atoms with Crippen molar-refractivity contribution >= 4 is 41.0 Å². The highest BCUT2D eigenvalue weighted by molar-refractivity contribution is 7.98.